The van der Waals surface area contributed by atoms with Gasteiger partial charge in [0.1, 0.15) is 12.2 Å². The highest BCUT2D eigenvalue weighted by atomic mass is 16.6. The van der Waals surface area contributed by atoms with Crippen LogP contribution in [0.5, 0.6) is 0 Å². The van der Waals surface area contributed by atoms with E-state index in [1.165, 1.54) is 6.08 Å². The van der Waals surface area contributed by atoms with Gasteiger partial charge in [-0.2, -0.15) is 0 Å². The standard InChI is InChI=1S/C13H22O5/c1-5-9-17-11(15)10(7-6-8-14)12(16)18-13(2,3)4/h5,10,14H,1,6-9H2,2-4H3. The molecule has 0 saturated heterocycles. The minimum Gasteiger partial charge on any atom is -0.461 e. The van der Waals surface area contributed by atoms with Crippen LogP contribution in [0.4, 0.5) is 0 Å². The van der Waals surface area contributed by atoms with E-state index < -0.39 is 23.5 Å². The van der Waals surface area contributed by atoms with Crippen molar-refractivity contribution in [2.24, 2.45) is 5.92 Å². The van der Waals surface area contributed by atoms with E-state index in [2.05, 4.69) is 6.58 Å². The molecule has 104 valence electrons. The topological polar surface area (TPSA) is 72.8 Å². The average molecular weight is 258 g/mol. The SMILES string of the molecule is C=CCOC(=O)C(CCCO)C(=O)OC(C)(C)C. The van der Waals surface area contributed by atoms with Crippen molar-refractivity contribution in [1.82, 2.24) is 0 Å². The summed E-state index contributed by atoms with van der Waals surface area (Å²) in [4.78, 5) is 23.5. The second-order valence-electron chi connectivity index (χ2n) is 4.87. The molecule has 0 aromatic rings. The number of aliphatic hydroxyl groups is 1. The molecule has 18 heavy (non-hydrogen) atoms. The van der Waals surface area contributed by atoms with Gasteiger partial charge in [0.25, 0.3) is 0 Å². The quantitative estimate of drug-likeness (QED) is 0.425. The first-order valence-electron chi connectivity index (χ1n) is 5.93. The third-order valence-electron chi connectivity index (χ3n) is 1.97. The van der Waals surface area contributed by atoms with Crippen LogP contribution in [-0.4, -0.2) is 35.9 Å². The summed E-state index contributed by atoms with van der Waals surface area (Å²) in [5.41, 5.74) is -0.659. The van der Waals surface area contributed by atoms with Gasteiger partial charge in [0.05, 0.1) is 0 Å². The Hall–Kier alpha value is -1.36. The summed E-state index contributed by atoms with van der Waals surface area (Å²) in [6, 6.07) is 0. The van der Waals surface area contributed by atoms with Crippen molar-refractivity contribution in [3.05, 3.63) is 12.7 Å². The predicted molar refractivity (Wildman–Crippen MR) is 66.8 cm³/mol. The van der Waals surface area contributed by atoms with E-state index in [1.807, 2.05) is 0 Å². The number of rotatable bonds is 7. The summed E-state index contributed by atoms with van der Waals surface area (Å²) in [7, 11) is 0. The Morgan fingerprint density at radius 1 is 1.33 bits per heavy atom. The van der Waals surface area contributed by atoms with Crippen molar-refractivity contribution in [2.75, 3.05) is 13.2 Å². The maximum atomic E-state index is 11.8. The van der Waals surface area contributed by atoms with Crippen molar-refractivity contribution >= 4 is 11.9 Å². The fourth-order valence-electron chi connectivity index (χ4n) is 1.24. The van der Waals surface area contributed by atoms with Gasteiger partial charge in [0.15, 0.2) is 5.92 Å². The first-order valence-corrected chi connectivity index (χ1v) is 5.93. The zero-order chi connectivity index (χ0) is 14.2. The summed E-state index contributed by atoms with van der Waals surface area (Å²) in [6.45, 7) is 8.56. The zero-order valence-electron chi connectivity index (χ0n) is 11.3. The molecule has 0 heterocycles. The lowest BCUT2D eigenvalue weighted by atomic mass is 10.0. The Balaban J connectivity index is 4.59. The predicted octanol–water partition coefficient (Wildman–Crippen LogP) is 1.45. The fraction of sp³-hybridized carbons (Fsp3) is 0.692. The van der Waals surface area contributed by atoms with Gasteiger partial charge in [-0.25, -0.2) is 0 Å². The van der Waals surface area contributed by atoms with Gasteiger partial charge < -0.3 is 14.6 Å². The van der Waals surface area contributed by atoms with Crippen LogP contribution in [0.2, 0.25) is 0 Å². The molecule has 0 fully saturated rings. The maximum Gasteiger partial charge on any atom is 0.320 e. The molecule has 0 rings (SSSR count). The van der Waals surface area contributed by atoms with Crippen molar-refractivity contribution in [2.45, 2.75) is 39.2 Å². The van der Waals surface area contributed by atoms with Crippen molar-refractivity contribution < 1.29 is 24.2 Å². The van der Waals surface area contributed by atoms with Crippen LogP contribution in [-0.2, 0) is 19.1 Å². The first-order chi connectivity index (χ1) is 8.31. The third kappa shape index (κ3) is 7.06. The van der Waals surface area contributed by atoms with E-state index in [1.54, 1.807) is 20.8 Å². The minimum absolute atomic E-state index is 0.0528. The van der Waals surface area contributed by atoms with Gasteiger partial charge in [0.2, 0.25) is 0 Å². The highest BCUT2D eigenvalue weighted by Gasteiger charge is 2.31. The molecule has 1 unspecified atom stereocenters. The summed E-state index contributed by atoms with van der Waals surface area (Å²) >= 11 is 0. The number of esters is 2. The lowest BCUT2D eigenvalue weighted by molar-refractivity contribution is -0.169. The molecular formula is C13H22O5. The molecule has 0 amide bonds. The van der Waals surface area contributed by atoms with Crippen LogP contribution < -0.4 is 0 Å². The van der Waals surface area contributed by atoms with Crippen molar-refractivity contribution in [1.29, 1.82) is 0 Å². The molecule has 0 spiro atoms. The summed E-state index contributed by atoms with van der Waals surface area (Å²) in [6.07, 6.45) is 1.98. The lowest BCUT2D eigenvalue weighted by Crippen LogP contribution is -2.34. The molecule has 0 aliphatic carbocycles. The molecular weight excluding hydrogens is 236 g/mol. The Morgan fingerprint density at radius 2 is 1.94 bits per heavy atom. The molecule has 0 aliphatic heterocycles. The van der Waals surface area contributed by atoms with Crippen LogP contribution in [0.15, 0.2) is 12.7 Å². The van der Waals surface area contributed by atoms with Gasteiger partial charge in [0, 0.05) is 6.61 Å². The number of ether oxygens (including phenoxy) is 2. The molecule has 0 radical (unpaired) electrons. The highest BCUT2D eigenvalue weighted by molar-refractivity contribution is 5.95. The smallest absolute Gasteiger partial charge is 0.320 e. The third-order valence-corrected chi connectivity index (χ3v) is 1.97. The van der Waals surface area contributed by atoms with Crippen LogP contribution in [0.25, 0.3) is 0 Å². The molecule has 0 aliphatic rings. The minimum atomic E-state index is -0.990. The highest BCUT2D eigenvalue weighted by Crippen LogP contribution is 2.16. The summed E-state index contributed by atoms with van der Waals surface area (Å²) in [5, 5.41) is 8.77. The second-order valence-corrected chi connectivity index (χ2v) is 4.87. The van der Waals surface area contributed by atoms with Crippen LogP contribution >= 0.6 is 0 Å². The van der Waals surface area contributed by atoms with Gasteiger partial charge in [-0.3, -0.25) is 9.59 Å². The summed E-state index contributed by atoms with van der Waals surface area (Å²) in [5.74, 6) is -2.25. The Bertz CT molecular complexity index is 290. The van der Waals surface area contributed by atoms with E-state index in [-0.39, 0.29) is 19.6 Å². The second kappa shape index (κ2) is 7.87. The average Bonchev–Trinajstić information content (AvgIpc) is 2.24. The molecule has 5 nitrogen and oxygen atoms in total. The van der Waals surface area contributed by atoms with E-state index in [9.17, 15) is 9.59 Å². The Morgan fingerprint density at radius 3 is 2.39 bits per heavy atom. The number of aliphatic hydroxyl groups excluding tert-OH is 1. The lowest BCUT2D eigenvalue weighted by Gasteiger charge is -2.23. The molecule has 1 N–H and O–H groups in total. The van der Waals surface area contributed by atoms with E-state index >= 15 is 0 Å². The largest absolute Gasteiger partial charge is 0.461 e. The number of carbonyl (C=O) groups excluding carboxylic acids is 2. The summed E-state index contributed by atoms with van der Waals surface area (Å²) < 4.78 is 10.00. The number of carbonyl (C=O) groups is 2. The van der Waals surface area contributed by atoms with Crippen molar-refractivity contribution in [3.8, 4) is 0 Å². The fourth-order valence-corrected chi connectivity index (χ4v) is 1.24. The van der Waals surface area contributed by atoms with Gasteiger partial charge in [-0.05, 0) is 33.6 Å². The van der Waals surface area contributed by atoms with Crippen LogP contribution in [0.3, 0.4) is 0 Å². The van der Waals surface area contributed by atoms with E-state index in [4.69, 9.17) is 14.6 Å². The number of hydrogen-bond acceptors (Lipinski definition) is 5. The molecule has 0 bridgehead atoms. The van der Waals surface area contributed by atoms with Gasteiger partial charge in [-0.15, -0.1) is 0 Å². The Labute approximate surface area is 108 Å². The van der Waals surface area contributed by atoms with Crippen LogP contribution in [0.1, 0.15) is 33.6 Å². The van der Waals surface area contributed by atoms with E-state index in [0.717, 1.165) is 0 Å². The zero-order valence-corrected chi connectivity index (χ0v) is 11.3. The van der Waals surface area contributed by atoms with Gasteiger partial charge >= 0.3 is 11.9 Å². The molecule has 0 saturated carbocycles. The maximum absolute atomic E-state index is 11.8. The molecule has 0 aromatic carbocycles. The first kappa shape index (κ1) is 16.6. The van der Waals surface area contributed by atoms with E-state index in [0.29, 0.717) is 6.42 Å². The van der Waals surface area contributed by atoms with Gasteiger partial charge in [-0.1, -0.05) is 12.7 Å². The number of hydrogen-bond donors (Lipinski definition) is 1. The Kier molecular flexibility index (Phi) is 7.27. The monoisotopic (exact) mass is 258 g/mol. The molecule has 1 atom stereocenters. The van der Waals surface area contributed by atoms with Crippen LogP contribution in [0, 0.1) is 5.92 Å². The van der Waals surface area contributed by atoms with Crippen molar-refractivity contribution in [3.63, 3.8) is 0 Å². The normalized spacial score (nSPS) is 12.7. The molecule has 5 heteroatoms. The molecule has 0 aromatic heterocycles.